The highest BCUT2D eigenvalue weighted by atomic mass is 127. The lowest BCUT2D eigenvalue weighted by atomic mass is 10.1. The molecule has 4 nitrogen and oxygen atoms in total. The Morgan fingerprint density at radius 3 is 2.63 bits per heavy atom. The summed E-state index contributed by atoms with van der Waals surface area (Å²) in [6.45, 7) is 0. The summed E-state index contributed by atoms with van der Waals surface area (Å²) in [7, 11) is 0. The topological polar surface area (TPSA) is 63.4 Å². The van der Waals surface area contributed by atoms with Gasteiger partial charge in [0.1, 0.15) is 5.75 Å². The second-order valence-corrected chi connectivity index (χ2v) is 6.56. The molecule has 0 atom stereocenters. The third-order valence-electron chi connectivity index (χ3n) is 3.25. The molecule has 0 spiro atoms. The molecule has 19 heavy (non-hydrogen) atoms. The number of phenolic OH excluding ortho intramolecular Hbond substituents is 1. The van der Waals surface area contributed by atoms with E-state index in [1.807, 2.05) is 6.07 Å². The highest BCUT2D eigenvalue weighted by Crippen LogP contribution is 2.44. The van der Waals surface area contributed by atoms with Gasteiger partial charge in [0.15, 0.2) is 0 Å². The molecule has 2 aromatic carbocycles. The number of hydrogen-bond acceptors (Lipinski definition) is 3. The number of nitrogens with zero attached hydrogens (tertiary/aromatic N) is 1. The minimum absolute atomic E-state index is 0.112. The number of aromatic hydroxyl groups is 1. The van der Waals surface area contributed by atoms with Crippen LogP contribution in [0.1, 0.15) is 11.1 Å². The fourth-order valence-corrected chi connectivity index (χ4v) is 4.22. The molecule has 0 fully saturated rings. The maximum absolute atomic E-state index is 10.8. The lowest BCUT2D eigenvalue weighted by Gasteiger charge is -2.07. The van der Waals surface area contributed by atoms with E-state index in [2.05, 4.69) is 45.2 Å². The first kappa shape index (κ1) is 13.1. The van der Waals surface area contributed by atoms with Gasteiger partial charge in [-0.15, -0.1) is 0 Å². The third-order valence-corrected chi connectivity index (χ3v) is 5.24. The second kappa shape index (κ2) is 4.58. The van der Waals surface area contributed by atoms with E-state index < -0.39 is 0 Å². The van der Waals surface area contributed by atoms with Crippen molar-refractivity contribution in [3.8, 4) is 16.9 Å². The number of rotatable bonds is 1. The van der Waals surface area contributed by atoms with Crippen LogP contribution in [0.3, 0.4) is 0 Å². The maximum atomic E-state index is 10.8. The summed E-state index contributed by atoms with van der Waals surface area (Å²) in [5, 5.41) is 20.8. The van der Waals surface area contributed by atoms with Crippen molar-refractivity contribution in [1.82, 2.24) is 0 Å². The molecule has 1 aliphatic rings. The van der Waals surface area contributed by atoms with Gasteiger partial charge >= 0.3 is 0 Å². The zero-order chi connectivity index (χ0) is 13.7. The fraction of sp³-hybridized carbons (Fsp3) is 0.0769. The zero-order valence-electron chi connectivity index (χ0n) is 9.48. The summed E-state index contributed by atoms with van der Waals surface area (Å²) < 4.78 is 1.63. The van der Waals surface area contributed by atoms with Crippen molar-refractivity contribution in [1.29, 1.82) is 0 Å². The van der Waals surface area contributed by atoms with Gasteiger partial charge in [-0.25, -0.2) is 0 Å². The number of halogens is 2. The van der Waals surface area contributed by atoms with E-state index in [4.69, 9.17) is 0 Å². The standard InChI is InChI=1S/C13H7I2NO3/c14-11-5-9-8-2-1-7(16(18)19)3-6(8)4-10(9)12(15)13(11)17/h1-3,5,17H,4H2. The van der Waals surface area contributed by atoms with Gasteiger partial charge < -0.3 is 5.11 Å². The van der Waals surface area contributed by atoms with E-state index in [9.17, 15) is 15.2 Å². The number of fused-ring (bicyclic) bond motifs is 3. The molecule has 0 aliphatic heterocycles. The first-order valence-electron chi connectivity index (χ1n) is 5.46. The van der Waals surface area contributed by atoms with Crippen LogP contribution < -0.4 is 0 Å². The van der Waals surface area contributed by atoms with Gasteiger partial charge in [-0.3, -0.25) is 10.1 Å². The van der Waals surface area contributed by atoms with Crippen LogP contribution in [0.25, 0.3) is 11.1 Å². The van der Waals surface area contributed by atoms with Crippen molar-refractivity contribution in [2.45, 2.75) is 6.42 Å². The summed E-state index contributed by atoms with van der Waals surface area (Å²) in [5.74, 6) is 0.294. The van der Waals surface area contributed by atoms with E-state index >= 15 is 0 Å². The first-order valence-corrected chi connectivity index (χ1v) is 7.62. The third kappa shape index (κ3) is 2.00. The number of phenols is 1. The molecule has 2 aromatic rings. The monoisotopic (exact) mass is 479 g/mol. The summed E-state index contributed by atoms with van der Waals surface area (Å²) in [6.07, 6.45) is 0.634. The highest BCUT2D eigenvalue weighted by molar-refractivity contribution is 14.1. The first-order chi connectivity index (χ1) is 8.99. The van der Waals surface area contributed by atoms with E-state index in [0.29, 0.717) is 12.2 Å². The van der Waals surface area contributed by atoms with Gasteiger partial charge in [-0.1, -0.05) is 0 Å². The predicted octanol–water partition coefficient (Wildman–Crippen LogP) is 4.08. The molecular formula is C13H7I2NO3. The lowest BCUT2D eigenvalue weighted by molar-refractivity contribution is -0.384. The molecule has 6 heteroatoms. The summed E-state index contributed by atoms with van der Waals surface area (Å²) >= 11 is 4.22. The molecule has 0 aromatic heterocycles. The Hall–Kier alpha value is -0.900. The van der Waals surface area contributed by atoms with Crippen LogP contribution in [0.15, 0.2) is 24.3 Å². The molecule has 0 heterocycles. The summed E-state index contributed by atoms with van der Waals surface area (Å²) in [6, 6.07) is 6.88. The van der Waals surface area contributed by atoms with Crippen molar-refractivity contribution in [3.63, 3.8) is 0 Å². The Bertz CT molecular complexity index is 728. The molecule has 0 saturated heterocycles. The fourth-order valence-electron chi connectivity index (χ4n) is 2.35. The predicted molar refractivity (Wildman–Crippen MR) is 88.4 cm³/mol. The van der Waals surface area contributed by atoms with Crippen molar-refractivity contribution in [2.75, 3.05) is 0 Å². The normalized spacial score (nSPS) is 12.1. The SMILES string of the molecule is O=[N+]([O-])c1ccc2c(c1)Cc1c-2cc(I)c(O)c1I. The Balaban J connectivity index is 2.22. The lowest BCUT2D eigenvalue weighted by Crippen LogP contribution is -1.90. The van der Waals surface area contributed by atoms with Gasteiger partial charge in [-0.05, 0) is 79.6 Å². The Kier molecular flexibility index (Phi) is 3.16. The molecule has 0 amide bonds. The zero-order valence-corrected chi connectivity index (χ0v) is 13.8. The Morgan fingerprint density at radius 1 is 1.21 bits per heavy atom. The molecule has 1 aliphatic carbocycles. The van der Waals surface area contributed by atoms with Crippen LogP contribution in [-0.4, -0.2) is 10.0 Å². The number of nitro groups is 1. The molecule has 0 unspecified atom stereocenters. The molecule has 3 rings (SSSR count). The van der Waals surface area contributed by atoms with Crippen LogP contribution in [0.2, 0.25) is 0 Å². The van der Waals surface area contributed by atoms with E-state index in [1.54, 1.807) is 12.1 Å². The van der Waals surface area contributed by atoms with Gasteiger partial charge in [0, 0.05) is 18.6 Å². The molecule has 96 valence electrons. The quantitative estimate of drug-likeness (QED) is 0.325. The van der Waals surface area contributed by atoms with Crippen LogP contribution in [-0.2, 0) is 6.42 Å². The number of hydrogen-bond donors (Lipinski definition) is 1. The Morgan fingerprint density at radius 2 is 1.95 bits per heavy atom. The van der Waals surface area contributed by atoms with Crippen LogP contribution in [0.5, 0.6) is 5.75 Å². The average molecular weight is 479 g/mol. The molecule has 0 bridgehead atoms. The van der Waals surface area contributed by atoms with Crippen molar-refractivity contribution >= 4 is 50.9 Å². The molecule has 1 N–H and O–H groups in total. The van der Waals surface area contributed by atoms with Crippen molar-refractivity contribution < 1.29 is 10.0 Å². The molecule has 0 radical (unpaired) electrons. The van der Waals surface area contributed by atoms with Crippen LogP contribution in [0.4, 0.5) is 5.69 Å². The summed E-state index contributed by atoms with van der Waals surface area (Å²) in [5.41, 5.74) is 4.20. The minimum Gasteiger partial charge on any atom is -0.506 e. The van der Waals surface area contributed by atoms with Gasteiger partial charge in [0.25, 0.3) is 5.69 Å². The number of benzene rings is 2. The number of non-ortho nitro benzene ring substituents is 1. The van der Waals surface area contributed by atoms with Crippen LogP contribution in [0, 0.1) is 17.3 Å². The van der Waals surface area contributed by atoms with E-state index in [0.717, 1.165) is 29.4 Å². The van der Waals surface area contributed by atoms with Crippen molar-refractivity contribution in [3.05, 3.63) is 52.6 Å². The summed E-state index contributed by atoms with van der Waals surface area (Å²) in [4.78, 5) is 10.4. The van der Waals surface area contributed by atoms with E-state index in [-0.39, 0.29) is 10.6 Å². The number of nitro benzene ring substituents is 1. The van der Waals surface area contributed by atoms with Crippen molar-refractivity contribution in [2.24, 2.45) is 0 Å². The molecule has 0 saturated carbocycles. The van der Waals surface area contributed by atoms with Gasteiger partial charge in [0.05, 0.1) is 12.1 Å². The highest BCUT2D eigenvalue weighted by Gasteiger charge is 2.25. The van der Waals surface area contributed by atoms with Crippen LogP contribution >= 0.6 is 45.2 Å². The minimum atomic E-state index is -0.380. The second-order valence-electron chi connectivity index (χ2n) is 4.32. The van der Waals surface area contributed by atoms with Gasteiger partial charge in [-0.2, -0.15) is 0 Å². The van der Waals surface area contributed by atoms with Gasteiger partial charge in [0.2, 0.25) is 0 Å². The molecular weight excluding hydrogens is 472 g/mol. The average Bonchev–Trinajstić information content (AvgIpc) is 2.74. The largest absolute Gasteiger partial charge is 0.506 e. The smallest absolute Gasteiger partial charge is 0.269 e. The Labute approximate surface area is 136 Å². The maximum Gasteiger partial charge on any atom is 0.269 e. The van der Waals surface area contributed by atoms with E-state index in [1.165, 1.54) is 6.07 Å².